The van der Waals surface area contributed by atoms with E-state index in [0.717, 1.165) is 11.2 Å². The van der Waals surface area contributed by atoms with Crippen LogP contribution in [0.15, 0.2) is 59.1 Å². The fourth-order valence-corrected chi connectivity index (χ4v) is 2.04. The molecule has 22 heavy (non-hydrogen) atoms. The molecule has 0 amide bonds. The van der Waals surface area contributed by atoms with Crippen LogP contribution >= 0.6 is 0 Å². The first kappa shape index (κ1) is 13.7. The number of fused-ring (bicyclic) bond motifs is 1. The van der Waals surface area contributed by atoms with Gasteiger partial charge < -0.3 is 14.5 Å². The molecule has 0 aliphatic rings. The number of oxazole rings is 1. The number of benzene rings is 2. The number of allylic oxidation sites excluding steroid dienone is 1. The maximum Gasteiger partial charge on any atom is 0.239 e. The van der Waals surface area contributed by atoms with Gasteiger partial charge in [-0.2, -0.15) is 5.26 Å². The minimum atomic E-state index is 0.283. The molecule has 0 saturated heterocycles. The van der Waals surface area contributed by atoms with E-state index in [-0.39, 0.29) is 5.89 Å². The molecule has 0 atom stereocenters. The highest BCUT2D eigenvalue weighted by Crippen LogP contribution is 2.25. The number of anilines is 1. The van der Waals surface area contributed by atoms with E-state index in [1.807, 2.05) is 48.5 Å². The monoisotopic (exact) mass is 291 g/mol. The molecule has 1 N–H and O–H groups in total. The number of aromatic nitrogens is 1. The van der Waals surface area contributed by atoms with Gasteiger partial charge >= 0.3 is 0 Å². The molecule has 3 rings (SSSR count). The largest absolute Gasteiger partial charge is 0.495 e. The molecular weight excluding hydrogens is 278 g/mol. The highest BCUT2D eigenvalue weighted by atomic mass is 16.5. The van der Waals surface area contributed by atoms with Gasteiger partial charge in [0.05, 0.1) is 12.8 Å². The molecule has 108 valence electrons. The lowest BCUT2D eigenvalue weighted by Crippen LogP contribution is -1.94. The van der Waals surface area contributed by atoms with Gasteiger partial charge in [0.2, 0.25) is 5.89 Å². The summed E-state index contributed by atoms with van der Waals surface area (Å²) in [6, 6.07) is 16.9. The summed E-state index contributed by atoms with van der Waals surface area (Å²) in [7, 11) is 1.59. The van der Waals surface area contributed by atoms with E-state index < -0.39 is 0 Å². The van der Waals surface area contributed by atoms with Crippen LogP contribution in [-0.4, -0.2) is 12.1 Å². The molecule has 1 heterocycles. The Kier molecular flexibility index (Phi) is 3.75. The molecule has 0 aliphatic heterocycles. The Balaban J connectivity index is 1.92. The van der Waals surface area contributed by atoms with Crippen LogP contribution in [0.2, 0.25) is 0 Å². The minimum Gasteiger partial charge on any atom is -0.495 e. The van der Waals surface area contributed by atoms with Crippen molar-refractivity contribution in [2.75, 3.05) is 12.4 Å². The van der Waals surface area contributed by atoms with E-state index in [9.17, 15) is 5.26 Å². The van der Waals surface area contributed by atoms with Crippen molar-refractivity contribution < 1.29 is 9.15 Å². The Labute approximate surface area is 127 Å². The van der Waals surface area contributed by atoms with Gasteiger partial charge in [0.1, 0.15) is 22.9 Å². The Morgan fingerprint density at radius 2 is 2.00 bits per heavy atom. The summed E-state index contributed by atoms with van der Waals surface area (Å²) >= 11 is 0. The Bertz CT molecular complexity index is 842. The second-order valence-corrected chi connectivity index (χ2v) is 4.50. The molecule has 3 aromatic rings. The zero-order chi connectivity index (χ0) is 15.4. The van der Waals surface area contributed by atoms with Crippen LogP contribution < -0.4 is 10.1 Å². The number of nitrogens with zero attached hydrogens (tertiary/aromatic N) is 2. The fraction of sp³-hybridized carbons (Fsp3) is 0.0588. The molecule has 0 unspecified atom stereocenters. The lowest BCUT2D eigenvalue weighted by Gasteiger charge is -2.07. The molecule has 0 saturated carbocycles. The molecule has 0 radical (unpaired) electrons. The zero-order valence-corrected chi connectivity index (χ0v) is 11.9. The predicted octanol–water partition coefficient (Wildman–Crippen LogP) is 3.81. The van der Waals surface area contributed by atoms with E-state index >= 15 is 0 Å². The van der Waals surface area contributed by atoms with Gasteiger partial charge in [0, 0.05) is 6.20 Å². The van der Waals surface area contributed by atoms with Crippen molar-refractivity contribution in [2.24, 2.45) is 0 Å². The molecule has 2 aromatic carbocycles. The van der Waals surface area contributed by atoms with Gasteiger partial charge in [-0.25, -0.2) is 4.98 Å². The summed E-state index contributed by atoms with van der Waals surface area (Å²) in [5, 5.41) is 12.4. The summed E-state index contributed by atoms with van der Waals surface area (Å²) in [5.41, 5.74) is 2.43. The quantitative estimate of drug-likeness (QED) is 0.740. The first-order chi connectivity index (χ1) is 10.8. The second-order valence-electron chi connectivity index (χ2n) is 4.50. The zero-order valence-electron chi connectivity index (χ0n) is 11.9. The van der Waals surface area contributed by atoms with Crippen LogP contribution in [0.1, 0.15) is 5.89 Å². The standard InChI is InChI=1S/C17H13N3O2/c1-21-15-8-4-2-6-13(15)19-11-12(10-18)17-20-14-7-3-5-9-16(14)22-17/h2-9,11,19H,1H3/b12-11+. The first-order valence-corrected chi connectivity index (χ1v) is 6.67. The smallest absolute Gasteiger partial charge is 0.239 e. The first-order valence-electron chi connectivity index (χ1n) is 6.67. The molecule has 5 nitrogen and oxygen atoms in total. The molecule has 0 aliphatic carbocycles. The van der Waals surface area contributed by atoms with Crippen molar-refractivity contribution in [3.05, 3.63) is 60.6 Å². The number of ether oxygens (including phenoxy) is 1. The normalized spacial score (nSPS) is 11.2. The SMILES string of the molecule is COc1ccccc1N/C=C(\C#N)c1nc2ccccc2o1. The average molecular weight is 291 g/mol. The van der Waals surface area contributed by atoms with Crippen molar-refractivity contribution >= 4 is 22.4 Å². The van der Waals surface area contributed by atoms with E-state index in [0.29, 0.717) is 16.9 Å². The van der Waals surface area contributed by atoms with Crippen LogP contribution in [0.4, 0.5) is 5.69 Å². The van der Waals surface area contributed by atoms with Gasteiger partial charge in [0.25, 0.3) is 0 Å². The Morgan fingerprint density at radius 3 is 2.77 bits per heavy atom. The van der Waals surface area contributed by atoms with E-state index in [1.165, 1.54) is 0 Å². The fourth-order valence-electron chi connectivity index (χ4n) is 2.04. The van der Waals surface area contributed by atoms with E-state index in [1.54, 1.807) is 13.3 Å². The van der Waals surface area contributed by atoms with Crippen molar-refractivity contribution in [1.82, 2.24) is 4.98 Å². The summed E-state index contributed by atoms with van der Waals surface area (Å²) in [6.07, 6.45) is 1.56. The Morgan fingerprint density at radius 1 is 1.23 bits per heavy atom. The minimum absolute atomic E-state index is 0.283. The number of nitrogens with one attached hydrogen (secondary N) is 1. The summed E-state index contributed by atoms with van der Waals surface area (Å²) in [4.78, 5) is 4.31. The average Bonchev–Trinajstić information content (AvgIpc) is 2.99. The third kappa shape index (κ3) is 2.63. The summed E-state index contributed by atoms with van der Waals surface area (Å²) < 4.78 is 10.8. The van der Waals surface area contributed by atoms with Crippen LogP contribution in [0.5, 0.6) is 5.75 Å². The summed E-state index contributed by atoms with van der Waals surface area (Å²) in [5.74, 6) is 0.972. The highest BCUT2D eigenvalue weighted by molar-refractivity contribution is 5.80. The molecular formula is C17H13N3O2. The maximum atomic E-state index is 9.32. The highest BCUT2D eigenvalue weighted by Gasteiger charge is 2.10. The Hall–Kier alpha value is -3.26. The number of nitriles is 1. The number of hydrogen-bond donors (Lipinski definition) is 1. The van der Waals surface area contributed by atoms with Gasteiger partial charge in [0.15, 0.2) is 5.58 Å². The van der Waals surface area contributed by atoms with E-state index in [2.05, 4.69) is 16.4 Å². The topological polar surface area (TPSA) is 71.1 Å². The molecule has 5 heteroatoms. The molecule has 1 aromatic heterocycles. The number of methoxy groups -OCH3 is 1. The third-order valence-corrected chi connectivity index (χ3v) is 3.12. The number of para-hydroxylation sites is 4. The maximum absolute atomic E-state index is 9.32. The molecule has 0 spiro atoms. The number of rotatable bonds is 4. The molecule has 0 fully saturated rings. The summed E-state index contributed by atoms with van der Waals surface area (Å²) in [6.45, 7) is 0. The number of hydrogen-bond acceptors (Lipinski definition) is 5. The van der Waals surface area contributed by atoms with Crippen LogP contribution in [0.25, 0.3) is 16.7 Å². The van der Waals surface area contributed by atoms with Crippen molar-refractivity contribution in [1.29, 1.82) is 5.26 Å². The van der Waals surface area contributed by atoms with Crippen LogP contribution in [0.3, 0.4) is 0 Å². The lowest BCUT2D eigenvalue weighted by molar-refractivity contribution is 0.417. The molecule has 0 bridgehead atoms. The lowest BCUT2D eigenvalue weighted by atomic mass is 10.2. The van der Waals surface area contributed by atoms with Gasteiger partial charge in [-0.3, -0.25) is 0 Å². The van der Waals surface area contributed by atoms with E-state index in [4.69, 9.17) is 9.15 Å². The van der Waals surface area contributed by atoms with Crippen LogP contribution in [0, 0.1) is 11.3 Å². The third-order valence-electron chi connectivity index (χ3n) is 3.12. The predicted molar refractivity (Wildman–Crippen MR) is 84.2 cm³/mol. The van der Waals surface area contributed by atoms with Crippen molar-refractivity contribution in [3.8, 4) is 11.8 Å². The second kappa shape index (κ2) is 6.02. The van der Waals surface area contributed by atoms with Gasteiger partial charge in [-0.05, 0) is 24.3 Å². The van der Waals surface area contributed by atoms with Gasteiger partial charge in [-0.15, -0.1) is 0 Å². The van der Waals surface area contributed by atoms with Gasteiger partial charge in [-0.1, -0.05) is 24.3 Å². The van der Waals surface area contributed by atoms with Crippen molar-refractivity contribution in [2.45, 2.75) is 0 Å². The van der Waals surface area contributed by atoms with Crippen LogP contribution in [-0.2, 0) is 0 Å². The van der Waals surface area contributed by atoms with Crippen molar-refractivity contribution in [3.63, 3.8) is 0 Å².